The second-order valence-corrected chi connectivity index (χ2v) is 7.07. The molecule has 4 nitrogen and oxygen atoms in total. The zero-order valence-electron chi connectivity index (χ0n) is 9.38. The highest BCUT2D eigenvalue weighted by atomic mass is 32.2. The van der Waals surface area contributed by atoms with E-state index in [9.17, 15) is 8.42 Å². The summed E-state index contributed by atoms with van der Waals surface area (Å²) in [6, 6.07) is 3.74. The molecule has 0 aliphatic heterocycles. The molecule has 1 atom stereocenters. The molecular formula is C10H16N2O2S2. The third-order valence-electron chi connectivity index (χ3n) is 1.99. The molecule has 6 heteroatoms. The Balaban J connectivity index is 2.58. The molecule has 0 bridgehead atoms. The summed E-state index contributed by atoms with van der Waals surface area (Å²) >= 11 is 1.43. The van der Waals surface area contributed by atoms with Crippen molar-refractivity contribution in [2.45, 2.75) is 18.0 Å². The summed E-state index contributed by atoms with van der Waals surface area (Å²) in [7, 11) is -2.89. The molecule has 0 saturated heterocycles. The van der Waals surface area contributed by atoms with Crippen LogP contribution in [-0.2, 0) is 9.84 Å². The molecule has 0 aliphatic carbocycles. The Kier molecular flexibility index (Phi) is 4.76. The molecule has 0 radical (unpaired) electrons. The van der Waals surface area contributed by atoms with Crippen LogP contribution >= 0.6 is 11.8 Å². The van der Waals surface area contributed by atoms with Crippen molar-refractivity contribution >= 4 is 21.6 Å². The predicted octanol–water partition coefficient (Wildman–Crippen LogP) is 1.24. The van der Waals surface area contributed by atoms with Gasteiger partial charge in [-0.3, -0.25) is 0 Å². The second-order valence-electron chi connectivity index (χ2n) is 3.69. The number of hydrogen-bond acceptors (Lipinski definition) is 5. The number of thioether (sulfide) groups is 1. The summed E-state index contributed by atoms with van der Waals surface area (Å²) in [5.41, 5.74) is 6.76. The lowest BCUT2D eigenvalue weighted by molar-refractivity contribution is 0.603. The molecule has 1 aromatic heterocycles. The minimum atomic E-state index is -2.89. The zero-order valence-corrected chi connectivity index (χ0v) is 11.0. The molecule has 0 fully saturated rings. The molecule has 1 rings (SSSR count). The van der Waals surface area contributed by atoms with E-state index < -0.39 is 9.84 Å². The van der Waals surface area contributed by atoms with Gasteiger partial charge in [0.25, 0.3) is 0 Å². The van der Waals surface area contributed by atoms with Crippen LogP contribution in [0.15, 0.2) is 23.4 Å². The van der Waals surface area contributed by atoms with Crippen LogP contribution in [0.25, 0.3) is 0 Å². The fraction of sp³-hybridized carbons (Fsp3) is 0.500. The van der Waals surface area contributed by atoms with Gasteiger partial charge in [-0.2, -0.15) is 0 Å². The van der Waals surface area contributed by atoms with E-state index in [0.717, 1.165) is 10.6 Å². The smallest absolute Gasteiger partial charge is 0.148 e. The van der Waals surface area contributed by atoms with Gasteiger partial charge in [-0.15, -0.1) is 11.8 Å². The summed E-state index contributed by atoms with van der Waals surface area (Å²) in [5.74, 6) is 0.690. The largest absolute Gasteiger partial charge is 0.324 e. The first kappa shape index (κ1) is 13.5. The van der Waals surface area contributed by atoms with Gasteiger partial charge >= 0.3 is 0 Å². The van der Waals surface area contributed by atoms with E-state index in [0.29, 0.717) is 5.75 Å². The van der Waals surface area contributed by atoms with Crippen LogP contribution in [0, 0.1) is 0 Å². The SMILES string of the molecule is C[C@@H](N)c1ccnc(SCCS(C)(=O)=O)c1. The predicted molar refractivity (Wildman–Crippen MR) is 67.3 cm³/mol. The number of hydrogen-bond donors (Lipinski definition) is 1. The second kappa shape index (κ2) is 5.65. The minimum Gasteiger partial charge on any atom is -0.324 e. The van der Waals surface area contributed by atoms with Gasteiger partial charge in [-0.1, -0.05) is 0 Å². The maximum absolute atomic E-state index is 10.9. The van der Waals surface area contributed by atoms with Crippen LogP contribution in [0.1, 0.15) is 18.5 Å². The Labute approximate surface area is 101 Å². The lowest BCUT2D eigenvalue weighted by Crippen LogP contribution is -2.06. The summed E-state index contributed by atoms with van der Waals surface area (Å²) in [6.07, 6.45) is 2.93. The molecule has 0 spiro atoms. The first-order valence-electron chi connectivity index (χ1n) is 4.90. The summed E-state index contributed by atoms with van der Waals surface area (Å²) in [4.78, 5) is 4.15. The number of nitrogens with zero attached hydrogens (tertiary/aromatic N) is 1. The van der Waals surface area contributed by atoms with E-state index in [1.54, 1.807) is 6.20 Å². The number of pyridine rings is 1. The third kappa shape index (κ3) is 4.96. The molecule has 1 heterocycles. The molecule has 0 amide bonds. The van der Waals surface area contributed by atoms with Crippen LogP contribution in [0.3, 0.4) is 0 Å². The van der Waals surface area contributed by atoms with Gasteiger partial charge in [-0.05, 0) is 24.6 Å². The highest BCUT2D eigenvalue weighted by molar-refractivity contribution is 8.00. The molecule has 2 N–H and O–H groups in total. The summed E-state index contributed by atoms with van der Waals surface area (Å²) in [5, 5.41) is 0.818. The van der Waals surface area contributed by atoms with Crippen LogP contribution < -0.4 is 5.73 Å². The Morgan fingerprint density at radius 1 is 1.56 bits per heavy atom. The monoisotopic (exact) mass is 260 g/mol. The fourth-order valence-electron chi connectivity index (χ4n) is 1.08. The van der Waals surface area contributed by atoms with Crippen molar-refractivity contribution in [2.75, 3.05) is 17.8 Å². The number of rotatable bonds is 5. The van der Waals surface area contributed by atoms with Crippen LogP contribution in [0.2, 0.25) is 0 Å². The maximum atomic E-state index is 10.9. The van der Waals surface area contributed by atoms with E-state index in [-0.39, 0.29) is 11.8 Å². The normalized spacial score (nSPS) is 13.7. The van der Waals surface area contributed by atoms with Crippen molar-refractivity contribution in [3.8, 4) is 0 Å². The first-order valence-corrected chi connectivity index (χ1v) is 7.95. The van der Waals surface area contributed by atoms with E-state index in [2.05, 4.69) is 4.98 Å². The summed E-state index contributed by atoms with van der Waals surface area (Å²) < 4.78 is 21.9. The minimum absolute atomic E-state index is 0.0303. The third-order valence-corrected chi connectivity index (χ3v) is 4.12. The standard InChI is InChI=1S/C10H16N2O2S2/c1-8(11)9-3-4-12-10(7-9)15-5-6-16(2,13)14/h3-4,7-8H,5-6,11H2,1-2H3/t8-/m1/s1. The molecule has 0 aliphatic rings. The molecule has 90 valence electrons. The lowest BCUT2D eigenvalue weighted by atomic mass is 10.1. The molecular weight excluding hydrogens is 244 g/mol. The Bertz CT molecular complexity index is 444. The van der Waals surface area contributed by atoms with Crippen molar-refractivity contribution in [1.82, 2.24) is 4.98 Å². The molecule has 0 saturated carbocycles. The average Bonchev–Trinajstić information content (AvgIpc) is 2.16. The first-order chi connectivity index (χ1) is 7.38. The van der Waals surface area contributed by atoms with Gasteiger partial charge in [0.2, 0.25) is 0 Å². The highest BCUT2D eigenvalue weighted by Crippen LogP contribution is 2.19. The van der Waals surface area contributed by atoms with Gasteiger partial charge in [0.1, 0.15) is 9.84 Å². The van der Waals surface area contributed by atoms with E-state index >= 15 is 0 Å². The van der Waals surface area contributed by atoms with Crippen molar-refractivity contribution in [3.05, 3.63) is 23.9 Å². The molecule has 1 aromatic rings. The average molecular weight is 260 g/mol. The van der Waals surface area contributed by atoms with Crippen LogP contribution in [-0.4, -0.2) is 31.2 Å². The number of sulfone groups is 1. The van der Waals surface area contributed by atoms with Gasteiger partial charge < -0.3 is 5.73 Å². The van der Waals surface area contributed by atoms with Crippen LogP contribution in [0.4, 0.5) is 0 Å². The Morgan fingerprint density at radius 2 is 2.25 bits per heavy atom. The Morgan fingerprint density at radius 3 is 2.81 bits per heavy atom. The molecule has 16 heavy (non-hydrogen) atoms. The van der Waals surface area contributed by atoms with Crippen LogP contribution in [0.5, 0.6) is 0 Å². The topological polar surface area (TPSA) is 73.0 Å². The molecule has 0 unspecified atom stereocenters. The van der Waals surface area contributed by atoms with Crippen molar-refractivity contribution in [1.29, 1.82) is 0 Å². The number of nitrogens with two attached hydrogens (primary N) is 1. The van der Waals surface area contributed by atoms with Crippen molar-refractivity contribution in [3.63, 3.8) is 0 Å². The van der Waals surface area contributed by atoms with Gasteiger partial charge in [0, 0.05) is 24.2 Å². The van der Waals surface area contributed by atoms with E-state index in [1.807, 2.05) is 19.1 Å². The van der Waals surface area contributed by atoms with Crippen molar-refractivity contribution in [2.24, 2.45) is 5.73 Å². The van der Waals surface area contributed by atoms with Gasteiger partial charge in [0.05, 0.1) is 10.8 Å². The number of aromatic nitrogens is 1. The maximum Gasteiger partial charge on any atom is 0.148 e. The van der Waals surface area contributed by atoms with Gasteiger partial charge in [-0.25, -0.2) is 13.4 Å². The zero-order chi connectivity index (χ0) is 12.2. The summed E-state index contributed by atoms with van der Waals surface area (Å²) in [6.45, 7) is 1.90. The molecule has 0 aromatic carbocycles. The Hall–Kier alpha value is -0.590. The van der Waals surface area contributed by atoms with Gasteiger partial charge in [0.15, 0.2) is 0 Å². The highest BCUT2D eigenvalue weighted by Gasteiger charge is 2.05. The quantitative estimate of drug-likeness (QED) is 0.806. The lowest BCUT2D eigenvalue weighted by Gasteiger charge is -2.06. The van der Waals surface area contributed by atoms with E-state index in [1.165, 1.54) is 18.0 Å². The van der Waals surface area contributed by atoms with Crippen molar-refractivity contribution < 1.29 is 8.42 Å². The van der Waals surface area contributed by atoms with E-state index in [4.69, 9.17) is 5.73 Å². The fourth-order valence-corrected chi connectivity index (χ4v) is 3.19.